The van der Waals surface area contributed by atoms with E-state index in [2.05, 4.69) is 25.6 Å². The highest BCUT2D eigenvalue weighted by Gasteiger charge is 2.14. The molecule has 3 aromatic rings. The number of aryl methyl sites for hydroxylation is 1. The van der Waals surface area contributed by atoms with Crippen molar-refractivity contribution < 1.29 is 13.9 Å². The van der Waals surface area contributed by atoms with E-state index in [0.717, 1.165) is 17.2 Å². The van der Waals surface area contributed by atoms with Crippen LogP contribution in [-0.2, 0) is 4.74 Å². The maximum atomic E-state index is 12.8. The van der Waals surface area contributed by atoms with Gasteiger partial charge in [0.15, 0.2) is 0 Å². The zero-order valence-electron chi connectivity index (χ0n) is 17.5. The Balaban J connectivity index is 1.64. The maximum absolute atomic E-state index is 12.8. The lowest BCUT2D eigenvalue weighted by Crippen LogP contribution is -2.17. The van der Waals surface area contributed by atoms with Crippen LogP contribution in [0.4, 0.5) is 21.0 Å². The molecule has 0 spiro atoms. The van der Waals surface area contributed by atoms with E-state index in [-0.39, 0.29) is 24.9 Å². The molecule has 0 saturated heterocycles. The number of alkyl halides is 1. The van der Waals surface area contributed by atoms with E-state index in [9.17, 15) is 9.18 Å². The highest BCUT2D eigenvalue weighted by Crippen LogP contribution is 2.21. The molecule has 0 aliphatic heterocycles. The molecule has 2 aromatic heterocycles. The number of aromatic nitrogens is 4. The summed E-state index contributed by atoms with van der Waals surface area (Å²) >= 11 is 5.97. The predicted molar refractivity (Wildman–Crippen MR) is 118 cm³/mol. The van der Waals surface area contributed by atoms with Crippen molar-refractivity contribution >= 4 is 29.5 Å². The van der Waals surface area contributed by atoms with E-state index >= 15 is 0 Å². The number of rotatable bonds is 8. The second kappa shape index (κ2) is 10.2. The molecular formula is C21H24ClFN6O2. The Morgan fingerprint density at radius 2 is 1.97 bits per heavy atom. The number of nitrogens with zero attached hydrogens (tertiary/aromatic N) is 4. The van der Waals surface area contributed by atoms with Gasteiger partial charge in [-0.05, 0) is 51.1 Å². The number of halogens is 2. The second-order valence-electron chi connectivity index (χ2n) is 7.02. The van der Waals surface area contributed by atoms with Gasteiger partial charge in [0.05, 0.1) is 18.3 Å². The number of carbonyl (C=O) groups excluding carboxylic acids is 1. The summed E-state index contributed by atoms with van der Waals surface area (Å²) in [6.45, 7) is 5.25. The summed E-state index contributed by atoms with van der Waals surface area (Å²) in [6.07, 6.45) is 1.86. The lowest BCUT2D eigenvalue weighted by Gasteiger charge is -2.12. The maximum Gasteiger partial charge on any atom is 0.412 e. The fraction of sp³-hybridized carbons (Fsp3) is 0.333. The largest absolute Gasteiger partial charge is 0.449 e. The summed E-state index contributed by atoms with van der Waals surface area (Å²) in [5, 5.41) is 6.34. The van der Waals surface area contributed by atoms with Gasteiger partial charge in [-0.1, -0.05) is 11.6 Å². The lowest BCUT2D eigenvalue weighted by molar-refractivity contribution is 0.149. The van der Waals surface area contributed by atoms with E-state index in [1.165, 1.54) is 19.2 Å². The molecule has 1 aromatic carbocycles. The summed E-state index contributed by atoms with van der Waals surface area (Å²) in [7, 11) is 0. The first-order chi connectivity index (χ1) is 14.8. The van der Waals surface area contributed by atoms with Crippen LogP contribution in [-0.4, -0.2) is 38.4 Å². The topological polar surface area (TPSA) is 94.0 Å². The number of ether oxygens (including phenoxy) is 1. The third-order valence-electron chi connectivity index (χ3n) is 4.43. The number of anilines is 2. The number of imidazole rings is 1. The lowest BCUT2D eigenvalue weighted by atomic mass is 10.2. The Morgan fingerprint density at radius 3 is 2.68 bits per heavy atom. The molecule has 0 saturated carbocycles. The van der Waals surface area contributed by atoms with Crippen LogP contribution < -0.4 is 10.6 Å². The molecule has 0 fully saturated rings. The molecule has 10 heteroatoms. The molecule has 2 atom stereocenters. The normalized spacial score (nSPS) is 12.8. The van der Waals surface area contributed by atoms with Crippen LogP contribution in [0, 0.1) is 6.92 Å². The van der Waals surface area contributed by atoms with Crippen molar-refractivity contribution in [3.63, 3.8) is 0 Å². The van der Waals surface area contributed by atoms with Gasteiger partial charge >= 0.3 is 6.09 Å². The van der Waals surface area contributed by atoms with Gasteiger partial charge in [-0.2, -0.15) is 4.98 Å². The van der Waals surface area contributed by atoms with Crippen LogP contribution in [0.15, 0.2) is 42.7 Å². The van der Waals surface area contributed by atoms with Crippen molar-refractivity contribution in [2.45, 2.75) is 39.4 Å². The predicted octanol–water partition coefficient (Wildman–Crippen LogP) is 5.09. The molecule has 0 radical (unpaired) electrons. The Bertz CT molecular complexity index is 1020. The van der Waals surface area contributed by atoms with Crippen molar-refractivity contribution in [2.75, 3.05) is 17.2 Å². The minimum Gasteiger partial charge on any atom is -0.449 e. The zero-order chi connectivity index (χ0) is 22.4. The van der Waals surface area contributed by atoms with Crippen LogP contribution in [0.3, 0.4) is 0 Å². The Hall–Kier alpha value is -3.20. The summed E-state index contributed by atoms with van der Waals surface area (Å²) in [4.78, 5) is 24.8. The molecule has 2 heterocycles. The molecule has 0 aliphatic rings. The smallest absolute Gasteiger partial charge is 0.412 e. The minimum absolute atomic E-state index is 0.00759. The van der Waals surface area contributed by atoms with Gasteiger partial charge in [0, 0.05) is 29.5 Å². The molecule has 164 valence electrons. The number of hydrogen-bond acceptors (Lipinski definition) is 6. The Morgan fingerprint density at radius 1 is 1.23 bits per heavy atom. The van der Waals surface area contributed by atoms with Gasteiger partial charge in [-0.15, -0.1) is 0 Å². The first-order valence-corrected chi connectivity index (χ1v) is 10.2. The number of benzene rings is 1. The fourth-order valence-electron chi connectivity index (χ4n) is 2.79. The van der Waals surface area contributed by atoms with Crippen molar-refractivity contribution in [2.24, 2.45) is 0 Å². The van der Waals surface area contributed by atoms with E-state index < -0.39 is 12.3 Å². The molecule has 1 amide bonds. The highest BCUT2D eigenvalue weighted by atomic mass is 35.5. The summed E-state index contributed by atoms with van der Waals surface area (Å²) in [5.41, 5.74) is 1.75. The molecule has 31 heavy (non-hydrogen) atoms. The average molecular weight is 447 g/mol. The summed E-state index contributed by atoms with van der Waals surface area (Å²) in [5.74, 6) is 1.42. The minimum atomic E-state index is -1.03. The number of nitrogens with one attached hydrogen (secondary N) is 2. The first kappa shape index (κ1) is 22.5. The van der Waals surface area contributed by atoms with Crippen molar-refractivity contribution in [3.8, 4) is 5.69 Å². The fourth-order valence-corrected chi connectivity index (χ4v) is 2.91. The van der Waals surface area contributed by atoms with Crippen LogP contribution in [0.2, 0.25) is 5.02 Å². The average Bonchev–Trinajstić information content (AvgIpc) is 3.10. The van der Waals surface area contributed by atoms with Gasteiger partial charge < -0.3 is 14.6 Å². The van der Waals surface area contributed by atoms with Crippen LogP contribution >= 0.6 is 11.6 Å². The van der Waals surface area contributed by atoms with Gasteiger partial charge in [-0.25, -0.2) is 19.2 Å². The third-order valence-corrected chi connectivity index (χ3v) is 4.68. The van der Waals surface area contributed by atoms with Crippen LogP contribution in [0.25, 0.3) is 5.69 Å². The second-order valence-corrected chi connectivity index (χ2v) is 7.46. The van der Waals surface area contributed by atoms with E-state index in [1.807, 2.05) is 48.9 Å². The molecule has 0 aliphatic carbocycles. The molecule has 0 bridgehead atoms. The van der Waals surface area contributed by atoms with Crippen LogP contribution in [0.5, 0.6) is 0 Å². The number of amides is 1. The van der Waals surface area contributed by atoms with E-state index in [1.54, 1.807) is 0 Å². The number of carbonyl (C=O) groups is 1. The SMILES string of the molecule is Cc1nc([C@H](C)Nc2nccc(NC(=O)OCC[C@@H](C)F)n2)cn1-c1ccc(Cl)cc1. The molecule has 3 rings (SSSR count). The highest BCUT2D eigenvalue weighted by molar-refractivity contribution is 6.30. The van der Waals surface area contributed by atoms with Crippen molar-refractivity contribution in [1.82, 2.24) is 19.5 Å². The van der Waals surface area contributed by atoms with Gasteiger partial charge in [0.1, 0.15) is 17.8 Å². The van der Waals surface area contributed by atoms with Crippen molar-refractivity contribution in [1.29, 1.82) is 0 Å². The zero-order valence-corrected chi connectivity index (χ0v) is 18.2. The van der Waals surface area contributed by atoms with Crippen molar-refractivity contribution in [3.05, 3.63) is 59.3 Å². The number of hydrogen-bond donors (Lipinski definition) is 2. The van der Waals surface area contributed by atoms with Gasteiger partial charge in [0.25, 0.3) is 0 Å². The monoisotopic (exact) mass is 446 g/mol. The molecule has 8 nitrogen and oxygen atoms in total. The summed E-state index contributed by atoms with van der Waals surface area (Å²) in [6, 6.07) is 8.84. The summed E-state index contributed by atoms with van der Waals surface area (Å²) < 4.78 is 19.7. The molecule has 0 unspecified atom stereocenters. The molecule has 2 N–H and O–H groups in total. The van der Waals surface area contributed by atoms with Crippen LogP contribution in [0.1, 0.15) is 37.8 Å². The van der Waals surface area contributed by atoms with Gasteiger partial charge in [0.2, 0.25) is 5.95 Å². The molecular weight excluding hydrogens is 423 g/mol. The Labute approximate surface area is 184 Å². The standard InChI is InChI=1S/C21H24ClFN6O2/c1-13(23)9-11-31-21(30)28-19-8-10-24-20(27-19)25-14(2)18-12-29(15(3)26-18)17-6-4-16(22)5-7-17/h4-8,10,12-14H,9,11H2,1-3H3,(H2,24,25,27,28,30)/t13-,14+/m1/s1. The van der Waals surface area contributed by atoms with E-state index in [4.69, 9.17) is 16.3 Å². The Kier molecular flexibility index (Phi) is 7.41. The quantitative estimate of drug-likeness (QED) is 0.500. The first-order valence-electron chi connectivity index (χ1n) is 9.81. The third kappa shape index (κ3) is 6.39. The van der Waals surface area contributed by atoms with E-state index in [0.29, 0.717) is 11.0 Å². The van der Waals surface area contributed by atoms with Gasteiger partial charge in [-0.3, -0.25) is 5.32 Å².